The van der Waals surface area contributed by atoms with Gasteiger partial charge in [-0.2, -0.15) is 0 Å². The van der Waals surface area contributed by atoms with Crippen molar-refractivity contribution >= 4 is 0 Å². The smallest absolute Gasteiger partial charge is 0.0352 e. The van der Waals surface area contributed by atoms with Crippen molar-refractivity contribution in [2.24, 2.45) is 35.5 Å². The van der Waals surface area contributed by atoms with Crippen LogP contribution < -0.4 is 0 Å². The summed E-state index contributed by atoms with van der Waals surface area (Å²) in [7, 11) is 0. The first-order valence-corrected chi connectivity index (χ1v) is 11.4. The first-order valence-electron chi connectivity index (χ1n) is 11.4. The van der Waals surface area contributed by atoms with Gasteiger partial charge in [0.15, 0.2) is 0 Å². The van der Waals surface area contributed by atoms with E-state index in [0.717, 1.165) is 35.5 Å². The summed E-state index contributed by atoms with van der Waals surface area (Å²) >= 11 is 0. The fourth-order valence-electron chi connectivity index (χ4n) is 7.44. The number of rotatable bonds is 4. The minimum absolute atomic E-state index is 1.11. The molecule has 4 atom stereocenters. The molecule has 0 aromatic heterocycles. The van der Waals surface area contributed by atoms with Crippen LogP contribution in [0.15, 0.2) is 0 Å². The topological polar surface area (TPSA) is 0 Å². The Morgan fingerprint density at radius 1 is 0.522 bits per heavy atom. The molecule has 4 aliphatic rings. The van der Waals surface area contributed by atoms with Crippen molar-refractivity contribution in [1.82, 2.24) is 0 Å². The molecular formula is C23H40. The Bertz CT molecular complexity index is 331. The molecule has 23 heavy (non-hydrogen) atoms. The second-order valence-electron chi connectivity index (χ2n) is 9.75. The van der Waals surface area contributed by atoms with E-state index in [9.17, 15) is 0 Å². The van der Waals surface area contributed by atoms with E-state index in [-0.39, 0.29) is 0 Å². The summed E-state index contributed by atoms with van der Waals surface area (Å²) in [4.78, 5) is 0. The quantitative estimate of drug-likeness (QED) is 0.508. The Morgan fingerprint density at radius 3 is 1.74 bits per heavy atom. The third-order valence-corrected chi connectivity index (χ3v) is 8.52. The van der Waals surface area contributed by atoms with Crippen LogP contribution in [-0.4, -0.2) is 0 Å². The van der Waals surface area contributed by atoms with Gasteiger partial charge in [0.05, 0.1) is 0 Å². The van der Waals surface area contributed by atoms with Crippen molar-refractivity contribution in [2.45, 2.75) is 109 Å². The fraction of sp³-hybridized carbons (Fsp3) is 1.00. The molecule has 0 amide bonds. The maximum absolute atomic E-state index is 1.63. The van der Waals surface area contributed by atoms with E-state index in [1.54, 1.807) is 89.9 Å². The summed E-state index contributed by atoms with van der Waals surface area (Å²) in [5.41, 5.74) is 0. The van der Waals surface area contributed by atoms with Crippen molar-refractivity contribution in [3.63, 3.8) is 0 Å². The lowest BCUT2D eigenvalue weighted by Gasteiger charge is -2.51. The first-order chi connectivity index (χ1) is 11.4. The summed E-state index contributed by atoms with van der Waals surface area (Å²) in [6.45, 7) is 0. The molecule has 0 aromatic rings. The molecule has 0 saturated heterocycles. The predicted octanol–water partition coefficient (Wildman–Crippen LogP) is 7.37. The number of fused-ring (bicyclic) bond motifs is 2. The SMILES string of the molecule is C1CCC(CCCC2C3CCCCC3CC3CCCCC32)CC1. The maximum Gasteiger partial charge on any atom is -0.0352 e. The molecule has 4 aliphatic carbocycles. The second-order valence-corrected chi connectivity index (χ2v) is 9.75. The zero-order chi connectivity index (χ0) is 15.5. The van der Waals surface area contributed by atoms with E-state index in [2.05, 4.69) is 0 Å². The van der Waals surface area contributed by atoms with E-state index in [0.29, 0.717) is 0 Å². The Hall–Kier alpha value is 0. The highest BCUT2D eigenvalue weighted by atomic mass is 14.5. The molecule has 132 valence electrons. The van der Waals surface area contributed by atoms with Crippen LogP contribution in [0.5, 0.6) is 0 Å². The lowest BCUT2D eigenvalue weighted by molar-refractivity contribution is -0.0167. The van der Waals surface area contributed by atoms with E-state index in [1.807, 2.05) is 0 Å². The summed E-state index contributed by atoms with van der Waals surface area (Å²) in [5.74, 6) is 6.83. The van der Waals surface area contributed by atoms with Crippen molar-refractivity contribution in [2.75, 3.05) is 0 Å². The Kier molecular flexibility index (Phi) is 5.67. The highest BCUT2D eigenvalue weighted by Gasteiger charge is 2.45. The normalized spacial score (nSPS) is 42.0. The second kappa shape index (κ2) is 7.92. The van der Waals surface area contributed by atoms with Gasteiger partial charge in [0.25, 0.3) is 0 Å². The van der Waals surface area contributed by atoms with Crippen LogP contribution in [0.25, 0.3) is 0 Å². The van der Waals surface area contributed by atoms with Gasteiger partial charge in [-0.3, -0.25) is 0 Å². The Balaban J connectivity index is 1.36. The third-order valence-electron chi connectivity index (χ3n) is 8.52. The van der Waals surface area contributed by atoms with Crippen LogP contribution in [-0.2, 0) is 0 Å². The molecule has 0 nitrogen and oxygen atoms in total. The van der Waals surface area contributed by atoms with Crippen LogP contribution >= 0.6 is 0 Å². The van der Waals surface area contributed by atoms with E-state index in [1.165, 1.54) is 19.3 Å². The van der Waals surface area contributed by atoms with Gasteiger partial charge < -0.3 is 0 Å². The summed E-state index contributed by atoms with van der Waals surface area (Å²) in [6, 6.07) is 0. The van der Waals surface area contributed by atoms with E-state index in [4.69, 9.17) is 0 Å². The molecule has 4 unspecified atom stereocenters. The van der Waals surface area contributed by atoms with Gasteiger partial charge in [0.1, 0.15) is 0 Å². The van der Waals surface area contributed by atoms with Gasteiger partial charge in [-0.25, -0.2) is 0 Å². The van der Waals surface area contributed by atoms with E-state index < -0.39 is 0 Å². The minimum Gasteiger partial charge on any atom is -0.0533 e. The molecule has 0 N–H and O–H groups in total. The third kappa shape index (κ3) is 3.82. The van der Waals surface area contributed by atoms with Gasteiger partial charge in [0, 0.05) is 0 Å². The fourth-order valence-corrected chi connectivity index (χ4v) is 7.44. The molecule has 4 rings (SSSR count). The van der Waals surface area contributed by atoms with E-state index >= 15 is 0 Å². The number of hydrogen-bond acceptors (Lipinski definition) is 0. The van der Waals surface area contributed by atoms with Gasteiger partial charge >= 0.3 is 0 Å². The standard InChI is InChI=1S/C23H40/c1-2-9-18(10-3-1)11-8-16-23-21-14-6-4-12-19(21)17-20-13-5-7-15-22(20)23/h18-23H,1-17H2. The van der Waals surface area contributed by atoms with Crippen molar-refractivity contribution in [1.29, 1.82) is 0 Å². The van der Waals surface area contributed by atoms with Crippen molar-refractivity contribution in [3.05, 3.63) is 0 Å². The minimum atomic E-state index is 1.11. The largest absolute Gasteiger partial charge is 0.0533 e. The van der Waals surface area contributed by atoms with Crippen LogP contribution in [0.4, 0.5) is 0 Å². The van der Waals surface area contributed by atoms with Gasteiger partial charge in [-0.15, -0.1) is 0 Å². The zero-order valence-corrected chi connectivity index (χ0v) is 15.5. The average molecular weight is 317 g/mol. The zero-order valence-electron chi connectivity index (χ0n) is 15.5. The van der Waals surface area contributed by atoms with Crippen LogP contribution in [0.2, 0.25) is 0 Å². The first kappa shape index (κ1) is 16.5. The highest BCUT2D eigenvalue weighted by Crippen LogP contribution is 2.54. The summed E-state index contributed by atoms with van der Waals surface area (Å²) in [5, 5.41) is 0. The lowest BCUT2D eigenvalue weighted by atomic mass is 9.54. The molecule has 4 saturated carbocycles. The van der Waals surface area contributed by atoms with Gasteiger partial charge in [0.2, 0.25) is 0 Å². The molecule has 4 fully saturated rings. The maximum atomic E-state index is 1.63. The molecule has 0 spiro atoms. The average Bonchev–Trinajstić information content (AvgIpc) is 2.62. The number of hydrogen-bond donors (Lipinski definition) is 0. The Morgan fingerprint density at radius 2 is 1.09 bits per heavy atom. The summed E-state index contributed by atoms with van der Waals surface area (Å²) < 4.78 is 0. The molecule has 0 heteroatoms. The molecular weight excluding hydrogens is 276 g/mol. The van der Waals surface area contributed by atoms with Crippen LogP contribution in [0.3, 0.4) is 0 Å². The molecule has 0 radical (unpaired) electrons. The van der Waals surface area contributed by atoms with Crippen molar-refractivity contribution < 1.29 is 0 Å². The van der Waals surface area contributed by atoms with Gasteiger partial charge in [-0.1, -0.05) is 83.5 Å². The summed E-state index contributed by atoms with van der Waals surface area (Å²) in [6.07, 6.45) is 26.7. The molecule has 0 bridgehead atoms. The van der Waals surface area contributed by atoms with Crippen molar-refractivity contribution in [3.8, 4) is 0 Å². The van der Waals surface area contributed by atoms with Crippen LogP contribution in [0.1, 0.15) is 109 Å². The molecule has 0 aliphatic heterocycles. The molecule has 0 heterocycles. The Labute approximate surface area is 145 Å². The highest BCUT2D eigenvalue weighted by molar-refractivity contribution is 4.95. The predicted molar refractivity (Wildman–Crippen MR) is 99.4 cm³/mol. The lowest BCUT2D eigenvalue weighted by Crippen LogP contribution is -2.43. The van der Waals surface area contributed by atoms with Crippen LogP contribution in [0, 0.1) is 35.5 Å². The molecule has 0 aromatic carbocycles. The monoisotopic (exact) mass is 316 g/mol. The van der Waals surface area contributed by atoms with Gasteiger partial charge in [-0.05, 0) is 61.2 Å².